The minimum atomic E-state index is -0.968. The zero-order chi connectivity index (χ0) is 21.6. The molecule has 0 bridgehead atoms. The number of carbonyl (C=O) groups excluding carboxylic acids is 3. The van der Waals surface area contributed by atoms with Crippen molar-refractivity contribution in [2.75, 3.05) is 12.0 Å². The summed E-state index contributed by atoms with van der Waals surface area (Å²) < 4.78 is 0. The Bertz CT molecular complexity index is 791. The first kappa shape index (κ1) is 23.0. The first-order valence-corrected chi connectivity index (χ1v) is 11.1. The monoisotopic (exact) mass is 420 g/mol. The van der Waals surface area contributed by atoms with E-state index in [9.17, 15) is 24.7 Å². The van der Waals surface area contributed by atoms with Crippen LogP contribution in [0.5, 0.6) is 0 Å². The van der Waals surface area contributed by atoms with E-state index in [-0.39, 0.29) is 5.57 Å². The van der Waals surface area contributed by atoms with Gasteiger partial charge in [0.25, 0.3) is 11.8 Å². The Labute approximate surface area is 175 Å². The Morgan fingerprint density at radius 1 is 1.28 bits per heavy atom. The predicted molar refractivity (Wildman–Crippen MR) is 112 cm³/mol. The molecular weight excluding hydrogens is 392 g/mol. The van der Waals surface area contributed by atoms with Crippen molar-refractivity contribution in [1.82, 2.24) is 10.4 Å². The molecule has 3 N–H and O–H groups in total. The summed E-state index contributed by atoms with van der Waals surface area (Å²) in [5, 5.41) is 19.8. The summed E-state index contributed by atoms with van der Waals surface area (Å²) in [5.41, 5.74) is 3.00. The van der Waals surface area contributed by atoms with Crippen LogP contribution in [0.3, 0.4) is 0 Å². The van der Waals surface area contributed by atoms with Crippen LogP contribution in [0.1, 0.15) is 48.5 Å². The van der Waals surface area contributed by atoms with Crippen LogP contribution in [-0.4, -0.2) is 56.9 Å². The molecule has 2 atom stereocenters. The molecule has 1 aromatic carbocycles. The summed E-state index contributed by atoms with van der Waals surface area (Å²) in [6.07, 6.45) is 4.08. The molecule has 0 fully saturated rings. The standard InChI is InChI=1S/C21H28N2O5S/c1-4-5-6-16(20(26)22-28)23-15(11-12-29-3)17(19(25)21(23)27)18(24)14-9-7-13(2)8-10-14/h7-10,15-16,25,28H,4-6,11-12H2,1-3H3,(H,22,26). The molecule has 0 spiro atoms. The number of aliphatic hydroxyl groups is 1. The van der Waals surface area contributed by atoms with Gasteiger partial charge in [-0.15, -0.1) is 0 Å². The minimum absolute atomic E-state index is 0.0140. The molecule has 7 nitrogen and oxygen atoms in total. The van der Waals surface area contributed by atoms with Crippen molar-refractivity contribution in [3.63, 3.8) is 0 Å². The normalized spacial score (nSPS) is 17.6. The second kappa shape index (κ2) is 10.5. The number of unbranched alkanes of at least 4 members (excludes halogenated alkanes) is 1. The van der Waals surface area contributed by atoms with Crippen molar-refractivity contribution in [2.45, 2.75) is 51.6 Å². The number of ketones is 1. The van der Waals surface area contributed by atoms with Crippen LogP contribution in [0, 0.1) is 6.92 Å². The molecule has 1 aliphatic heterocycles. The molecule has 1 aromatic rings. The Hall–Kier alpha value is -2.32. The SMILES string of the molecule is CCCCC(C(=O)NO)N1C(=O)C(O)=C(C(=O)c2ccc(C)cc2)C1CCSC. The maximum Gasteiger partial charge on any atom is 0.290 e. The molecule has 0 saturated heterocycles. The second-order valence-electron chi connectivity index (χ2n) is 7.10. The van der Waals surface area contributed by atoms with Gasteiger partial charge in [0.2, 0.25) is 0 Å². The van der Waals surface area contributed by atoms with Crippen molar-refractivity contribution in [3.05, 3.63) is 46.7 Å². The zero-order valence-electron chi connectivity index (χ0n) is 17.0. The van der Waals surface area contributed by atoms with Crippen molar-refractivity contribution >= 4 is 29.4 Å². The van der Waals surface area contributed by atoms with Gasteiger partial charge < -0.3 is 10.0 Å². The number of hydrogen-bond acceptors (Lipinski definition) is 6. The van der Waals surface area contributed by atoms with E-state index in [1.165, 1.54) is 4.90 Å². The minimum Gasteiger partial charge on any atom is -0.503 e. The van der Waals surface area contributed by atoms with Crippen LogP contribution in [0.2, 0.25) is 0 Å². The molecule has 2 amide bonds. The number of rotatable bonds is 10. The fraction of sp³-hybridized carbons (Fsp3) is 0.476. The summed E-state index contributed by atoms with van der Waals surface area (Å²) >= 11 is 1.54. The summed E-state index contributed by atoms with van der Waals surface area (Å²) in [6.45, 7) is 3.85. The molecule has 2 rings (SSSR count). The van der Waals surface area contributed by atoms with Crippen LogP contribution in [0.4, 0.5) is 0 Å². The largest absolute Gasteiger partial charge is 0.503 e. The number of benzene rings is 1. The molecule has 1 aliphatic rings. The highest BCUT2D eigenvalue weighted by Crippen LogP contribution is 2.33. The predicted octanol–water partition coefficient (Wildman–Crippen LogP) is 3.02. The smallest absolute Gasteiger partial charge is 0.290 e. The third-order valence-electron chi connectivity index (χ3n) is 5.09. The lowest BCUT2D eigenvalue weighted by molar-refractivity contribution is -0.144. The topological polar surface area (TPSA) is 107 Å². The molecule has 1 heterocycles. The van der Waals surface area contributed by atoms with Gasteiger partial charge in [-0.3, -0.25) is 19.6 Å². The Morgan fingerprint density at radius 3 is 2.48 bits per heavy atom. The van der Waals surface area contributed by atoms with Crippen LogP contribution in [-0.2, 0) is 9.59 Å². The molecule has 0 radical (unpaired) electrons. The van der Waals surface area contributed by atoms with Gasteiger partial charge in [-0.05, 0) is 31.8 Å². The molecule has 0 saturated carbocycles. The Balaban J connectivity index is 2.46. The van der Waals surface area contributed by atoms with E-state index in [0.29, 0.717) is 30.6 Å². The third-order valence-corrected chi connectivity index (χ3v) is 5.74. The number of thioether (sulfide) groups is 1. The van der Waals surface area contributed by atoms with Crippen molar-refractivity contribution in [3.8, 4) is 0 Å². The number of amides is 2. The molecule has 29 heavy (non-hydrogen) atoms. The van der Waals surface area contributed by atoms with E-state index >= 15 is 0 Å². The fourth-order valence-electron chi connectivity index (χ4n) is 3.54. The van der Waals surface area contributed by atoms with E-state index < -0.39 is 35.4 Å². The quantitative estimate of drug-likeness (QED) is 0.305. The number of nitrogens with one attached hydrogen (secondary N) is 1. The van der Waals surface area contributed by atoms with Gasteiger partial charge in [0, 0.05) is 5.56 Å². The molecule has 0 aromatic heterocycles. The highest BCUT2D eigenvalue weighted by Gasteiger charge is 2.47. The van der Waals surface area contributed by atoms with Crippen LogP contribution in [0.15, 0.2) is 35.6 Å². The van der Waals surface area contributed by atoms with Crippen LogP contribution in [0.25, 0.3) is 0 Å². The maximum absolute atomic E-state index is 13.2. The van der Waals surface area contributed by atoms with Crippen LogP contribution < -0.4 is 5.48 Å². The Kier molecular flexibility index (Phi) is 8.28. The molecule has 8 heteroatoms. The highest BCUT2D eigenvalue weighted by atomic mass is 32.2. The van der Waals surface area contributed by atoms with E-state index in [1.54, 1.807) is 41.5 Å². The van der Waals surface area contributed by atoms with Crippen molar-refractivity contribution in [2.24, 2.45) is 0 Å². The van der Waals surface area contributed by atoms with Gasteiger partial charge >= 0.3 is 0 Å². The lowest BCUT2D eigenvalue weighted by atomic mass is 9.94. The number of aliphatic hydroxyl groups excluding tert-OH is 1. The van der Waals surface area contributed by atoms with Crippen molar-refractivity contribution in [1.29, 1.82) is 0 Å². The number of aryl methyl sites for hydroxylation is 1. The first-order valence-electron chi connectivity index (χ1n) is 9.67. The van der Waals surface area contributed by atoms with E-state index in [0.717, 1.165) is 12.0 Å². The fourth-order valence-corrected chi connectivity index (χ4v) is 3.99. The Morgan fingerprint density at radius 2 is 1.93 bits per heavy atom. The van der Waals surface area contributed by atoms with Gasteiger partial charge in [0.05, 0.1) is 11.6 Å². The number of hydroxylamine groups is 1. The summed E-state index contributed by atoms with van der Waals surface area (Å²) in [7, 11) is 0. The van der Waals surface area contributed by atoms with Gasteiger partial charge in [-0.2, -0.15) is 11.8 Å². The summed E-state index contributed by atoms with van der Waals surface area (Å²) in [5.74, 6) is -1.89. The molecule has 158 valence electrons. The lowest BCUT2D eigenvalue weighted by Crippen LogP contribution is -2.51. The maximum atomic E-state index is 13.2. The summed E-state index contributed by atoms with van der Waals surface area (Å²) in [6, 6.07) is 5.20. The highest BCUT2D eigenvalue weighted by molar-refractivity contribution is 7.98. The van der Waals surface area contributed by atoms with Crippen molar-refractivity contribution < 1.29 is 24.7 Å². The van der Waals surface area contributed by atoms with Gasteiger partial charge in [0.15, 0.2) is 11.5 Å². The number of nitrogens with zero attached hydrogens (tertiary/aromatic N) is 1. The third kappa shape index (κ3) is 5.00. The number of Topliss-reactive ketones (excluding diaryl/α,β-unsaturated/α-hetero) is 1. The molecule has 2 unspecified atom stereocenters. The van der Waals surface area contributed by atoms with Gasteiger partial charge in [-0.1, -0.05) is 49.6 Å². The van der Waals surface area contributed by atoms with E-state index in [1.807, 2.05) is 20.1 Å². The molecular formula is C21H28N2O5S. The number of carbonyl (C=O) groups is 3. The van der Waals surface area contributed by atoms with E-state index in [4.69, 9.17) is 0 Å². The lowest BCUT2D eigenvalue weighted by Gasteiger charge is -2.32. The van der Waals surface area contributed by atoms with Crippen LogP contribution >= 0.6 is 11.8 Å². The summed E-state index contributed by atoms with van der Waals surface area (Å²) in [4.78, 5) is 39.6. The number of hydrogen-bond donors (Lipinski definition) is 3. The van der Waals surface area contributed by atoms with Gasteiger partial charge in [0.1, 0.15) is 6.04 Å². The van der Waals surface area contributed by atoms with E-state index in [2.05, 4.69) is 0 Å². The second-order valence-corrected chi connectivity index (χ2v) is 8.09. The zero-order valence-corrected chi connectivity index (χ0v) is 17.8. The average Bonchev–Trinajstić information content (AvgIpc) is 2.97. The molecule has 0 aliphatic carbocycles. The first-order chi connectivity index (χ1) is 13.9. The van der Waals surface area contributed by atoms with Gasteiger partial charge in [-0.25, -0.2) is 5.48 Å². The average molecular weight is 421 g/mol.